The first-order valence-electron chi connectivity index (χ1n) is 20.1. The van der Waals surface area contributed by atoms with Crippen LogP contribution in [0, 0.1) is 0 Å². The third kappa shape index (κ3) is 4.32. The van der Waals surface area contributed by atoms with Crippen molar-refractivity contribution in [3.63, 3.8) is 0 Å². The Kier molecular flexibility index (Phi) is 6.46. The molecule has 0 saturated carbocycles. The van der Waals surface area contributed by atoms with Crippen molar-refractivity contribution in [2.75, 3.05) is 4.90 Å². The van der Waals surface area contributed by atoms with E-state index in [0.29, 0.717) is 0 Å². The van der Waals surface area contributed by atoms with Crippen LogP contribution in [0.3, 0.4) is 0 Å². The van der Waals surface area contributed by atoms with Gasteiger partial charge in [-0.25, -0.2) is 0 Å². The lowest BCUT2D eigenvalue weighted by atomic mass is 9.74. The summed E-state index contributed by atoms with van der Waals surface area (Å²) in [7, 11) is 0. The molecule has 12 rings (SSSR count). The van der Waals surface area contributed by atoms with Crippen LogP contribution in [0.4, 0.5) is 17.1 Å². The minimum Gasteiger partial charge on any atom is -0.310 e. The molecule has 2 aliphatic heterocycles. The summed E-state index contributed by atoms with van der Waals surface area (Å²) in [4.78, 5) is 2.47. The molecule has 0 bridgehead atoms. The Bertz CT molecular complexity index is 3100. The van der Waals surface area contributed by atoms with Gasteiger partial charge in [-0.2, -0.15) is 0 Å². The Labute approximate surface area is 332 Å². The average Bonchev–Trinajstić information content (AvgIpc) is 3.77. The monoisotopic (exact) mass is 731 g/mol. The maximum Gasteiger partial charge on any atom is 0.0582 e. The second kappa shape index (κ2) is 11.4. The molecule has 0 unspecified atom stereocenters. The summed E-state index contributed by atoms with van der Waals surface area (Å²) in [5, 5.41) is 5.23. The zero-order valence-electron chi connectivity index (χ0n) is 32.6. The van der Waals surface area contributed by atoms with Gasteiger partial charge in [0.15, 0.2) is 0 Å². The van der Waals surface area contributed by atoms with Gasteiger partial charge in [0.1, 0.15) is 0 Å². The molecule has 0 aliphatic carbocycles. The SMILES string of the molecule is CC1(C)c2cc(N(c3ccc(-c4ccccc4)cc3)c3ccc4c(c3)C(C)(C)c3cccc5c6ccccc6n-4c35)ccc2-n2c3ccccc3c3cccc1c32. The van der Waals surface area contributed by atoms with Crippen molar-refractivity contribution in [3.05, 3.63) is 198 Å². The van der Waals surface area contributed by atoms with Crippen LogP contribution in [0.2, 0.25) is 0 Å². The Morgan fingerprint density at radius 3 is 1.28 bits per heavy atom. The Hall–Kier alpha value is -6.84. The summed E-state index contributed by atoms with van der Waals surface area (Å²) in [5.74, 6) is 0. The highest BCUT2D eigenvalue weighted by atomic mass is 15.1. The van der Waals surface area contributed by atoms with Crippen molar-refractivity contribution < 1.29 is 0 Å². The van der Waals surface area contributed by atoms with Gasteiger partial charge in [-0.05, 0) is 94.0 Å². The van der Waals surface area contributed by atoms with Crippen LogP contribution in [-0.4, -0.2) is 9.13 Å². The number of anilines is 3. The van der Waals surface area contributed by atoms with Gasteiger partial charge in [-0.15, -0.1) is 0 Å². The summed E-state index contributed by atoms with van der Waals surface area (Å²) in [6.07, 6.45) is 0. The van der Waals surface area contributed by atoms with Gasteiger partial charge >= 0.3 is 0 Å². The van der Waals surface area contributed by atoms with Crippen LogP contribution < -0.4 is 4.90 Å². The van der Waals surface area contributed by atoms with Gasteiger partial charge < -0.3 is 14.0 Å². The molecule has 3 nitrogen and oxygen atoms in total. The van der Waals surface area contributed by atoms with Crippen LogP contribution in [0.25, 0.3) is 66.1 Å². The summed E-state index contributed by atoms with van der Waals surface area (Å²) in [6, 6.07) is 65.5. The molecule has 0 saturated heterocycles. The first-order chi connectivity index (χ1) is 27.8. The van der Waals surface area contributed by atoms with E-state index in [0.717, 1.165) is 17.1 Å². The molecule has 2 aromatic heterocycles. The van der Waals surface area contributed by atoms with Crippen molar-refractivity contribution in [2.45, 2.75) is 38.5 Å². The molecule has 0 spiro atoms. The summed E-state index contributed by atoms with van der Waals surface area (Å²) in [6.45, 7) is 9.58. The topological polar surface area (TPSA) is 13.1 Å². The van der Waals surface area contributed by atoms with E-state index >= 15 is 0 Å². The first kappa shape index (κ1) is 32.4. The minimum absolute atomic E-state index is 0.222. The van der Waals surface area contributed by atoms with E-state index in [1.165, 1.54) is 88.4 Å². The molecular formula is C54H41N3. The highest BCUT2D eigenvalue weighted by Gasteiger charge is 2.38. The van der Waals surface area contributed by atoms with E-state index in [4.69, 9.17) is 0 Å². The summed E-state index contributed by atoms with van der Waals surface area (Å²) < 4.78 is 5.01. The van der Waals surface area contributed by atoms with Gasteiger partial charge in [-0.3, -0.25) is 0 Å². The summed E-state index contributed by atoms with van der Waals surface area (Å²) >= 11 is 0. The molecule has 57 heavy (non-hydrogen) atoms. The molecule has 4 heterocycles. The van der Waals surface area contributed by atoms with Crippen LogP contribution in [0.5, 0.6) is 0 Å². The number of hydrogen-bond donors (Lipinski definition) is 0. The minimum atomic E-state index is -0.222. The van der Waals surface area contributed by atoms with Gasteiger partial charge in [0.05, 0.1) is 33.4 Å². The summed E-state index contributed by atoms with van der Waals surface area (Å²) in [5.41, 5.74) is 18.4. The quantitative estimate of drug-likeness (QED) is 0.176. The molecule has 0 radical (unpaired) electrons. The van der Waals surface area contributed by atoms with Crippen LogP contribution in [-0.2, 0) is 10.8 Å². The van der Waals surface area contributed by atoms with E-state index in [9.17, 15) is 0 Å². The normalized spacial score (nSPS) is 14.6. The lowest BCUT2D eigenvalue weighted by molar-refractivity contribution is 0.629. The first-order valence-corrected chi connectivity index (χ1v) is 20.1. The second-order valence-electron chi connectivity index (χ2n) is 17.0. The molecule has 0 fully saturated rings. The number of para-hydroxylation sites is 4. The predicted molar refractivity (Wildman–Crippen MR) is 239 cm³/mol. The third-order valence-corrected chi connectivity index (χ3v) is 13.3. The molecule has 3 heteroatoms. The van der Waals surface area contributed by atoms with Crippen LogP contribution in [0.15, 0.2) is 176 Å². The third-order valence-electron chi connectivity index (χ3n) is 13.3. The number of benzene rings is 8. The lowest BCUT2D eigenvalue weighted by Crippen LogP contribution is -2.27. The number of aromatic nitrogens is 2. The van der Waals surface area contributed by atoms with Crippen molar-refractivity contribution in [1.29, 1.82) is 0 Å². The smallest absolute Gasteiger partial charge is 0.0582 e. The van der Waals surface area contributed by atoms with Crippen molar-refractivity contribution in [3.8, 4) is 22.5 Å². The molecule has 8 aromatic carbocycles. The fraction of sp³-hybridized carbons (Fsp3) is 0.111. The fourth-order valence-electron chi connectivity index (χ4n) is 10.4. The molecule has 0 amide bonds. The molecule has 272 valence electrons. The van der Waals surface area contributed by atoms with Crippen molar-refractivity contribution in [1.82, 2.24) is 9.13 Å². The number of fused-ring (bicyclic) bond motifs is 10. The van der Waals surface area contributed by atoms with Gasteiger partial charge in [0, 0.05) is 49.4 Å². The zero-order valence-corrected chi connectivity index (χ0v) is 32.6. The molecule has 0 atom stereocenters. The van der Waals surface area contributed by atoms with E-state index in [2.05, 4.69) is 218 Å². The number of rotatable bonds is 4. The van der Waals surface area contributed by atoms with Gasteiger partial charge in [-0.1, -0.05) is 143 Å². The maximum atomic E-state index is 2.50. The predicted octanol–water partition coefficient (Wildman–Crippen LogP) is 14.3. The van der Waals surface area contributed by atoms with Gasteiger partial charge in [0.25, 0.3) is 0 Å². The van der Waals surface area contributed by atoms with E-state index in [-0.39, 0.29) is 10.8 Å². The number of nitrogens with zero attached hydrogens (tertiary/aromatic N) is 3. The maximum absolute atomic E-state index is 2.50. The van der Waals surface area contributed by atoms with E-state index in [1.54, 1.807) is 0 Å². The Balaban J connectivity index is 1.09. The van der Waals surface area contributed by atoms with Crippen molar-refractivity contribution >= 4 is 60.7 Å². The van der Waals surface area contributed by atoms with Crippen molar-refractivity contribution in [2.24, 2.45) is 0 Å². The van der Waals surface area contributed by atoms with E-state index in [1.807, 2.05) is 0 Å². The second-order valence-corrected chi connectivity index (χ2v) is 17.0. The standard InChI is InChI=1S/C54H41N3/c1-53(2)43-20-12-18-41-39-16-8-10-22-47(39)56(51(41)43)49-30-28-37(32-45(49)53)55(36-26-24-35(25-27-36)34-14-6-5-7-15-34)38-29-31-50-46(33-38)54(3,4)44-21-13-19-42-40-17-9-11-23-48(40)57(50)52(42)44/h5-33H,1-4H3. The Morgan fingerprint density at radius 2 is 0.772 bits per heavy atom. The Morgan fingerprint density at radius 1 is 0.351 bits per heavy atom. The molecular weight excluding hydrogens is 691 g/mol. The average molecular weight is 732 g/mol. The highest BCUT2D eigenvalue weighted by Crippen LogP contribution is 2.52. The van der Waals surface area contributed by atoms with Crippen LogP contribution in [0.1, 0.15) is 49.9 Å². The van der Waals surface area contributed by atoms with E-state index < -0.39 is 0 Å². The highest BCUT2D eigenvalue weighted by molar-refractivity contribution is 6.13. The molecule has 0 N–H and O–H groups in total. The largest absolute Gasteiger partial charge is 0.310 e. The number of hydrogen-bond acceptors (Lipinski definition) is 1. The van der Waals surface area contributed by atoms with Gasteiger partial charge in [0.2, 0.25) is 0 Å². The molecule has 10 aromatic rings. The zero-order chi connectivity index (χ0) is 38.2. The molecule has 2 aliphatic rings. The lowest BCUT2D eigenvalue weighted by Gasteiger charge is -2.37. The fourth-order valence-corrected chi connectivity index (χ4v) is 10.4. The van der Waals surface area contributed by atoms with Crippen LogP contribution >= 0.6 is 0 Å².